The first-order valence-electron chi connectivity index (χ1n) is 10.3. The molecule has 1 saturated heterocycles. The smallest absolute Gasteiger partial charge is 0.242 e. The number of fused-ring (bicyclic) bond motifs is 1. The Kier molecular flexibility index (Phi) is 5.98. The van der Waals surface area contributed by atoms with Gasteiger partial charge in [0.2, 0.25) is 5.91 Å². The Bertz CT molecular complexity index is 859. The van der Waals surface area contributed by atoms with Crippen LogP contribution in [0, 0.1) is 0 Å². The van der Waals surface area contributed by atoms with Gasteiger partial charge in [-0.25, -0.2) is 0 Å². The number of piperazine rings is 1. The highest BCUT2D eigenvalue weighted by Crippen LogP contribution is 2.18. The Hall–Kier alpha value is -3.02. The van der Waals surface area contributed by atoms with Gasteiger partial charge in [-0.3, -0.25) is 9.79 Å². The van der Waals surface area contributed by atoms with E-state index in [0.29, 0.717) is 6.54 Å². The van der Waals surface area contributed by atoms with Gasteiger partial charge in [0.15, 0.2) is 5.96 Å². The zero-order chi connectivity index (χ0) is 20.1. The summed E-state index contributed by atoms with van der Waals surface area (Å²) in [6, 6.07) is 18.9. The van der Waals surface area contributed by atoms with Crippen LogP contribution in [0.2, 0.25) is 0 Å². The maximum atomic E-state index is 12.7. The second kappa shape index (κ2) is 8.99. The summed E-state index contributed by atoms with van der Waals surface area (Å²) >= 11 is 0. The fourth-order valence-electron chi connectivity index (χ4n) is 4.12. The molecule has 2 aromatic carbocycles. The van der Waals surface area contributed by atoms with Crippen LogP contribution in [0.1, 0.15) is 11.1 Å². The first-order chi connectivity index (χ1) is 14.2. The number of guanidine groups is 1. The number of hydrogen-bond acceptors (Lipinski definition) is 3. The molecular weight excluding hydrogens is 362 g/mol. The lowest BCUT2D eigenvalue weighted by atomic mass is 10.00. The highest BCUT2D eigenvalue weighted by Gasteiger charge is 2.23. The number of para-hydroxylation sites is 1. The molecule has 2 aliphatic heterocycles. The third-order valence-electron chi connectivity index (χ3n) is 5.79. The number of nitrogens with one attached hydrogen (secondary N) is 1. The quantitative estimate of drug-likeness (QED) is 0.642. The van der Waals surface area contributed by atoms with E-state index in [4.69, 9.17) is 0 Å². The zero-order valence-electron chi connectivity index (χ0n) is 17.1. The molecule has 4 rings (SSSR count). The highest BCUT2D eigenvalue weighted by atomic mass is 16.2. The van der Waals surface area contributed by atoms with Crippen molar-refractivity contribution in [1.29, 1.82) is 0 Å². The van der Waals surface area contributed by atoms with Gasteiger partial charge in [0.05, 0.1) is 6.54 Å². The van der Waals surface area contributed by atoms with E-state index in [1.165, 1.54) is 16.8 Å². The summed E-state index contributed by atoms with van der Waals surface area (Å²) in [5, 5.41) is 3.28. The first kappa shape index (κ1) is 19.3. The molecule has 152 valence electrons. The van der Waals surface area contributed by atoms with Crippen molar-refractivity contribution >= 4 is 17.6 Å². The molecule has 2 heterocycles. The van der Waals surface area contributed by atoms with Gasteiger partial charge in [-0.05, 0) is 29.7 Å². The molecule has 0 atom stereocenters. The van der Waals surface area contributed by atoms with Crippen LogP contribution < -0.4 is 10.2 Å². The fourth-order valence-corrected chi connectivity index (χ4v) is 4.12. The summed E-state index contributed by atoms with van der Waals surface area (Å²) in [5.74, 6) is 0.937. The molecule has 6 nitrogen and oxygen atoms in total. The monoisotopic (exact) mass is 391 g/mol. The van der Waals surface area contributed by atoms with Crippen LogP contribution in [0.15, 0.2) is 59.6 Å². The number of carbonyl (C=O) groups excluding carboxylic acids is 1. The molecule has 0 radical (unpaired) electrons. The van der Waals surface area contributed by atoms with Crippen molar-refractivity contribution in [2.75, 3.05) is 51.2 Å². The molecule has 0 bridgehead atoms. The van der Waals surface area contributed by atoms with E-state index in [-0.39, 0.29) is 12.5 Å². The Labute approximate surface area is 172 Å². The van der Waals surface area contributed by atoms with Gasteiger partial charge in [0.1, 0.15) is 0 Å². The summed E-state index contributed by atoms with van der Waals surface area (Å²) < 4.78 is 0. The van der Waals surface area contributed by atoms with Crippen LogP contribution in [0.3, 0.4) is 0 Å². The molecule has 2 aliphatic rings. The highest BCUT2D eigenvalue weighted by molar-refractivity contribution is 5.86. The predicted molar refractivity (Wildman–Crippen MR) is 117 cm³/mol. The Morgan fingerprint density at radius 3 is 2.31 bits per heavy atom. The minimum atomic E-state index is 0.128. The van der Waals surface area contributed by atoms with Crippen molar-refractivity contribution in [2.45, 2.75) is 13.0 Å². The van der Waals surface area contributed by atoms with Crippen LogP contribution in [-0.4, -0.2) is 68.0 Å². The Balaban J connectivity index is 1.27. The Morgan fingerprint density at radius 1 is 0.897 bits per heavy atom. The molecule has 29 heavy (non-hydrogen) atoms. The van der Waals surface area contributed by atoms with Crippen molar-refractivity contribution in [3.05, 3.63) is 65.7 Å². The standard InChI is InChI=1S/C23H29N5O/c1-24-23(27-15-13-26(14-16-27)21-9-3-2-4-10-21)25-17-22(29)28-12-11-19-7-5-6-8-20(19)18-28/h2-10H,11-18H2,1H3,(H,24,25). The van der Waals surface area contributed by atoms with E-state index in [0.717, 1.165) is 45.1 Å². The largest absolute Gasteiger partial charge is 0.368 e. The molecule has 0 aromatic heterocycles. The third kappa shape index (κ3) is 4.53. The summed E-state index contributed by atoms with van der Waals surface area (Å²) in [7, 11) is 1.79. The summed E-state index contributed by atoms with van der Waals surface area (Å²) in [4.78, 5) is 23.7. The van der Waals surface area contributed by atoms with E-state index in [9.17, 15) is 4.79 Å². The molecule has 1 N–H and O–H groups in total. The number of amides is 1. The van der Waals surface area contributed by atoms with Gasteiger partial charge in [-0.1, -0.05) is 42.5 Å². The normalized spacial score (nSPS) is 17.1. The van der Waals surface area contributed by atoms with Crippen LogP contribution in [0.4, 0.5) is 5.69 Å². The summed E-state index contributed by atoms with van der Waals surface area (Å²) in [6.45, 7) is 5.44. The second-order valence-corrected chi connectivity index (χ2v) is 7.54. The van der Waals surface area contributed by atoms with Crippen molar-refractivity contribution < 1.29 is 4.79 Å². The zero-order valence-corrected chi connectivity index (χ0v) is 17.1. The molecule has 0 spiro atoms. The number of aliphatic imine (C=N–C) groups is 1. The second-order valence-electron chi connectivity index (χ2n) is 7.54. The van der Waals surface area contributed by atoms with E-state index >= 15 is 0 Å². The number of rotatable bonds is 3. The molecule has 1 amide bonds. The molecule has 2 aromatic rings. The average Bonchev–Trinajstić information content (AvgIpc) is 2.80. The number of anilines is 1. The van der Waals surface area contributed by atoms with Crippen LogP contribution in [0.5, 0.6) is 0 Å². The molecule has 1 fully saturated rings. The first-order valence-corrected chi connectivity index (χ1v) is 10.3. The van der Waals surface area contributed by atoms with Crippen molar-refractivity contribution in [3.8, 4) is 0 Å². The van der Waals surface area contributed by atoms with Gasteiger partial charge >= 0.3 is 0 Å². The molecule has 0 unspecified atom stereocenters. The lowest BCUT2D eigenvalue weighted by Crippen LogP contribution is -2.54. The van der Waals surface area contributed by atoms with Crippen LogP contribution >= 0.6 is 0 Å². The van der Waals surface area contributed by atoms with Crippen molar-refractivity contribution in [3.63, 3.8) is 0 Å². The molecule has 6 heteroatoms. The van der Waals surface area contributed by atoms with E-state index in [1.54, 1.807) is 7.05 Å². The number of nitrogens with zero attached hydrogens (tertiary/aromatic N) is 4. The van der Waals surface area contributed by atoms with Gasteiger partial charge in [-0.2, -0.15) is 0 Å². The maximum Gasteiger partial charge on any atom is 0.242 e. The van der Waals surface area contributed by atoms with Gasteiger partial charge in [0, 0.05) is 52.0 Å². The van der Waals surface area contributed by atoms with Gasteiger partial charge in [-0.15, -0.1) is 0 Å². The van der Waals surface area contributed by atoms with E-state index in [2.05, 4.69) is 62.6 Å². The topological polar surface area (TPSA) is 51.2 Å². The minimum Gasteiger partial charge on any atom is -0.368 e. The van der Waals surface area contributed by atoms with Gasteiger partial charge < -0.3 is 20.0 Å². The van der Waals surface area contributed by atoms with Crippen molar-refractivity contribution in [2.24, 2.45) is 4.99 Å². The average molecular weight is 392 g/mol. The lowest BCUT2D eigenvalue weighted by molar-refractivity contribution is -0.130. The summed E-state index contributed by atoms with van der Waals surface area (Å²) in [5.41, 5.74) is 3.88. The number of carbonyl (C=O) groups is 1. The van der Waals surface area contributed by atoms with Gasteiger partial charge in [0.25, 0.3) is 0 Å². The number of hydrogen-bond donors (Lipinski definition) is 1. The third-order valence-corrected chi connectivity index (χ3v) is 5.79. The SMILES string of the molecule is CN=C(NCC(=O)N1CCc2ccccc2C1)N1CCN(c2ccccc2)CC1. The predicted octanol–water partition coefficient (Wildman–Crippen LogP) is 1.97. The molecule has 0 saturated carbocycles. The summed E-state index contributed by atoms with van der Waals surface area (Å²) in [6.07, 6.45) is 0.929. The van der Waals surface area contributed by atoms with Crippen LogP contribution in [-0.2, 0) is 17.8 Å². The van der Waals surface area contributed by atoms with E-state index < -0.39 is 0 Å². The minimum absolute atomic E-state index is 0.128. The van der Waals surface area contributed by atoms with E-state index in [1.807, 2.05) is 17.0 Å². The Morgan fingerprint density at radius 2 is 1.59 bits per heavy atom. The van der Waals surface area contributed by atoms with Crippen molar-refractivity contribution in [1.82, 2.24) is 15.1 Å². The molecular formula is C23H29N5O. The fraction of sp³-hybridized carbons (Fsp3) is 0.391. The van der Waals surface area contributed by atoms with Crippen LogP contribution in [0.25, 0.3) is 0 Å². The molecule has 0 aliphatic carbocycles. The lowest BCUT2D eigenvalue weighted by Gasteiger charge is -2.38. The number of benzene rings is 2. The maximum absolute atomic E-state index is 12.7.